The fourth-order valence-electron chi connectivity index (χ4n) is 1.23. The van der Waals surface area contributed by atoms with Crippen molar-refractivity contribution in [2.45, 2.75) is 12.6 Å². The summed E-state index contributed by atoms with van der Waals surface area (Å²) in [5.41, 5.74) is 5.41. The Kier molecular flexibility index (Phi) is 4.74. The van der Waals surface area contributed by atoms with Gasteiger partial charge < -0.3 is 20.9 Å². The number of aromatic nitrogens is 2. The van der Waals surface area contributed by atoms with Crippen molar-refractivity contribution in [2.24, 2.45) is 0 Å². The molecule has 1 amide bonds. The Hall–Kier alpha value is -1.60. The summed E-state index contributed by atoms with van der Waals surface area (Å²) in [6, 6.07) is 1.21. The molecule has 1 atom stereocenters. The molecule has 1 aromatic rings. The van der Waals surface area contributed by atoms with E-state index in [0.29, 0.717) is 5.82 Å². The molecule has 0 fully saturated rings. The molecule has 0 aliphatic rings. The number of ether oxygens (including phenoxy) is 1. The van der Waals surface area contributed by atoms with Gasteiger partial charge in [0, 0.05) is 13.3 Å². The molecule has 0 spiro atoms. The third-order valence-corrected chi connectivity index (χ3v) is 1.92. The summed E-state index contributed by atoms with van der Waals surface area (Å²) in [6.07, 6.45) is 1.61. The van der Waals surface area contributed by atoms with Crippen LogP contribution in [0.3, 0.4) is 0 Å². The van der Waals surface area contributed by atoms with Gasteiger partial charge in [-0.2, -0.15) is 5.10 Å². The second-order valence-corrected chi connectivity index (χ2v) is 3.34. The lowest BCUT2D eigenvalue weighted by Gasteiger charge is -2.14. The molecule has 4 N–H and O–H groups in total. The van der Waals surface area contributed by atoms with Crippen molar-refractivity contribution in [3.8, 4) is 0 Å². The molecular weight excluding hydrogens is 212 g/mol. The monoisotopic (exact) mass is 228 g/mol. The maximum absolute atomic E-state index is 11.5. The van der Waals surface area contributed by atoms with Crippen LogP contribution in [0.1, 0.15) is 0 Å². The Morgan fingerprint density at radius 3 is 3.06 bits per heavy atom. The first-order valence-corrected chi connectivity index (χ1v) is 4.83. The van der Waals surface area contributed by atoms with Gasteiger partial charge >= 0.3 is 0 Å². The Morgan fingerprint density at radius 1 is 1.81 bits per heavy atom. The molecule has 1 heterocycles. The first-order chi connectivity index (χ1) is 7.65. The number of aliphatic hydroxyl groups is 1. The lowest BCUT2D eigenvalue weighted by Crippen LogP contribution is -2.42. The highest BCUT2D eigenvalue weighted by Gasteiger charge is 2.11. The van der Waals surface area contributed by atoms with E-state index < -0.39 is 6.04 Å². The Labute approximate surface area is 93.2 Å². The van der Waals surface area contributed by atoms with Gasteiger partial charge in [0.05, 0.1) is 19.3 Å². The van der Waals surface area contributed by atoms with Gasteiger partial charge in [0.2, 0.25) is 5.91 Å². The summed E-state index contributed by atoms with van der Waals surface area (Å²) in [4.78, 5) is 11.5. The molecule has 0 radical (unpaired) electrons. The van der Waals surface area contributed by atoms with Crippen LogP contribution in [0.25, 0.3) is 0 Å². The van der Waals surface area contributed by atoms with E-state index in [1.54, 1.807) is 12.3 Å². The average molecular weight is 228 g/mol. The highest BCUT2D eigenvalue weighted by molar-refractivity contribution is 5.76. The van der Waals surface area contributed by atoms with Gasteiger partial charge in [0.15, 0.2) is 0 Å². The van der Waals surface area contributed by atoms with Gasteiger partial charge in [-0.15, -0.1) is 0 Å². The first kappa shape index (κ1) is 12.5. The van der Waals surface area contributed by atoms with Crippen LogP contribution < -0.4 is 11.1 Å². The van der Waals surface area contributed by atoms with Gasteiger partial charge in [0.1, 0.15) is 12.4 Å². The third-order valence-electron chi connectivity index (χ3n) is 1.92. The van der Waals surface area contributed by atoms with Crippen LogP contribution in [-0.2, 0) is 16.1 Å². The van der Waals surface area contributed by atoms with Gasteiger partial charge in [-0.25, -0.2) is 0 Å². The zero-order chi connectivity index (χ0) is 12.0. The zero-order valence-corrected chi connectivity index (χ0v) is 9.09. The number of nitrogens with one attached hydrogen (secondary N) is 1. The third kappa shape index (κ3) is 3.87. The average Bonchev–Trinajstić information content (AvgIpc) is 2.63. The number of methoxy groups -OCH3 is 1. The number of nitrogen functional groups attached to an aromatic ring is 1. The molecule has 0 aliphatic carbocycles. The minimum Gasteiger partial charge on any atom is -0.394 e. The van der Waals surface area contributed by atoms with E-state index in [2.05, 4.69) is 10.4 Å². The van der Waals surface area contributed by atoms with E-state index >= 15 is 0 Å². The predicted molar refractivity (Wildman–Crippen MR) is 57.5 cm³/mol. The van der Waals surface area contributed by atoms with Crippen LogP contribution >= 0.6 is 0 Å². The molecule has 16 heavy (non-hydrogen) atoms. The molecule has 0 saturated carbocycles. The van der Waals surface area contributed by atoms with E-state index in [0.717, 1.165) is 0 Å². The minimum absolute atomic E-state index is 0.0669. The first-order valence-electron chi connectivity index (χ1n) is 4.83. The van der Waals surface area contributed by atoms with Crippen LogP contribution in [-0.4, -0.2) is 47.2 Å². The van der Waals surface area contributed by atoms with Crippen molar-refractivity contribution in [3.05, 3.63) is 12.3 Å². The van der Waals surface area contributed by atoms with Crippen molar-refractivity contribution in [1.29, 1.82) is 0 Å². The number of nitrogens with zero attached hydrogens (tertiary/aromatic N) is 2. The van der Waals surface area contributed by atoms with Crippen LogP contribution in [0, 0.1) is 0 Å². The summed E-state index contributed by atoms with van der Waals surface area (Å²) in [5, 5.41) is 15.4. The maximum atomic E-state index is 11.5. The van der Waals surface area contributed by atoms with Crippen LogP contribution in [0.2, 0.25) is 0 Å². The van der Waals surface area contributed by atoms with E-state index in [4.69, 9.17) is 15.6 Å². The van der Waals surface area contributed by atoms with Crippen LogP contribution in [0.4, 0.5) is 5.82 Å². The Balaban J connectivity index is 2.40. The lowest BCUT2D eigenvalue weighted by molar-refractivity contribution is -0.123. The Morgan fingerprint density at radius 2 is 2.56 bits per heavy atom. The number of rotatable bonds is 6. The molecule has 0 aromatic carbocycles. The van der Waals surface area contributed by atoms with Crippen molar-refractivity contribution in [3.63, 3.8) is 0 Å². The Bertz CT molecular complexity index is 339. The molecule has 1 aromatic heterocycles. The van der Waals surface area contributed by atoms with Crippen molar-refractivity contribution in [1.82, 2.24) is 15.1 Å². The second-order valence-electron chi connectivity index (χ2n) is 3.34. The second kappa shape index (κ2) is 6.09. The molecular formula is C9H16N4O3. The number of anilines is 1. The number of amides is 1. The molecule has 90 valence electrons. The normalized spacial score (nSPS) is 12.4. The number of carbonyl (C=O) groups is 1. The summed E-state index contributed by atoms with van der Waals surface area (Å²) < 4.78 is 6.26. The minimum atomic E-state index is -0.398. The van der Waals surface area contributed by atoms with Gasteiger partial charge in [-0.1, -0.05) is 0 Å². The topological polar surface area (TPSA) is 102 Å². The summed E-state index contributed by atoms with van der Waals surface area (Å²) in [5.74, 6) is 0.114. The zero-order valence-electron chi connectivity index (χ0n) is 9.09. The van der Waals surface area contributed by atoms with Crippen LogP contribution in [0.15, 0.2) is 12.3 Å². The summed E-state index contributed by atoms with van der Waals surface area (Å²) >= 11 is 0. The fourth-order valence-corrected chi connectivity index (χ4v) is 1.23. The van der Waals surface area contributed by atoms with Crippen molar-refractivity contribution >= 4 is 11.7 Å². The molecule has 0 bridgehead atoms. The standard InChI is InChI=1S/C9H16N4O3/c1-16-6-7(5-14)11-9(15)4-13-3-2-8(10)12-13/h2-3,7,14H,4-6H2,1H3,(H2,10,12)(H,11,15). The van der Waals surface area contributed by atoms with E-state index in [1.807, 2.05) is 0 Å². The molecule has 7 heteroatoms. The number of aliphatic hydroxyl groups excluding tert-OH is 1. The van der Waals surface area contributed by atoms with Gasteiger partial charge in [-0.05, 0) is 6.07 Å². The number of hydrogen-bond donors (Lipinski definition) is 3. The number of hydrogen-bond acceptors (Lipinski definition) is 5. The molecule has 1 unspecified atom stereocenters. The quantitative estimate of drug-likeness (QED) is 0.555. The van der Waals surface area contributed by atoms with Crippen molar-refractivity contribution in [2.75, 3.05) is 26.1 Å². The summed E-state index contributed by atoms with van der Waals surface area (Å²) in [6.45, 7) is 0.168. The van der Waals surface area contributed by atoms with Gasteiger partial charge in [0.25, 0.3) is 0 Å². The van der Waals surface area contributed by atoms with Gasteiger partial charge in [-0.3, -0.25) is 9.48 Å². The van der Waals surface area contributed by atoms with E-state index in [9.17, 15) is 4.79 Å². The highest BCUT2D eigenvalue weighted by atomic mass is 16.5. The predicted octanol–water partition coefficient (Wildman–Crippen LogP) is -1.41. The fraction of sp³-hybridized carbons (Fsp3) is 0.556. The summed E-state index contributed by atoms with van der Waals surface area (Å²) in [7, 11) is 1.50. The largest absolute Gasteiger partial charge is 0.394 e. The number of nitrogens with two attached hydrogens (primary N) is 1. The molecule has 0 aliphatic heterocycles. The molecule has 1 rings (SSSR count). The van der Waals surface area contributed by atoms with E-state index in [1.165, 1.54) is 11.8 Å². The highest BCUT2D eigenvalue weighted by Crippen LogP contribution is 1.95. The number of carbonyl (C=O) groups excluding carboxylic acids is 1. The van der Waals surface area contributed by atoms with Crippen LogP contribution in [0.5, 0.6) is 0 Å². The lowest BCUT2D eigenvalue weighted by atomic mass is 10.3. The maximum Gasteiger partial charge on any atom is 0.242 e. The smallest absolute Gasteiger partial charge is 0.242 e. The van der Waals surface area contributed by atoms with Crippen molar-refractivity contribution < 1.29 is 14.6 Å². The molecule has 7 nitrogen and oxygen atoms in total. The SMILES string of the molecule is COCC(CO)NC(=O)Cn1ccc(N)n1. The molecule has 0 saturated heterocycles. The van der Waals surface area contributed by atoms with E-state index in [-0.39, 0.29) is 25.7 Å².